The van der Waals surface area contributed by atoms with Crippen LogP contribution in [0.15, 0.2) is 61.6 Å². The molecule has 5 aromatic heterocycles. The molecule has 1 fully saturated rings. The number of nitrogens with zero attached hydrogens (tertiary/aromatic N) is 9. The maximum atomic E-state index is 13.3. The van der Waals surface area contributed by atoms with Gasteiger partial charge in [0, 0.05) is 55.4 Å². The van der Waals surface area contributed by atoms with E-state index in [1.807, 2.05) is 38.6 Å². The molecule has 0 saturated carbocycles. The van der Waals surface area contributed by atoms with Crippen molar-refractivity contribution in [3.8, 4) is 23.0 Å². The number of aryl methyl sites for hydroxylation is 1. The molecule has 0 radical (unpaired) electrons. The number of hydrogen-bond donors (Lipinski definition) is 1. The van der Waals surface area contributed by atoms with Gasteiger partial charge in [-0.2, -0.15) is 20.6 Å². The molecule has 0 aromatic carbocycles. The number of nitriles is 1. The first kappa shape index (κ1) is 26.2. The summed E-state index contributed by atoms with van der Waals surface area (Å²) >= 11 is 0. The monoisotopic (exact) mass is 552 g/mol. The molecule has 1 atom stereocenters. The molecule has 1 amide bonds. The summed E-state index contributed by atoms with van der Waals surface area (Å²) < 4.78 is 18.2. The molecule has 1 N–H and O–H groups in total. The van der Waals surface area contributed by atoms with Crippen molar-refractivity contribution in [2.24, 2.45) is 7.05 Å². The minimum atomic E-state index is -0.441. The Morgan fingerprint density at radius 2 is 1.88 bits per heavy atom. The quantitative estimate of drug-likeness (QED) is 0.342. The molecule has 1 unspecified atom stereocenters. The number of carbonyl (C=O) groups is 1. The lowest BCUT2D eigenvalue weighted by molar-refractivity contribution is -0.124. The number of anilines is 1. The van der Waals surface area contributed by atoms with E-state index in [1.165, 1.54) is 10.9 Å². The van der Waals surface area contributed by atoms with Crippen molar-refractivity contribution in [1.82, 2.24) is 39.5 Å². The van der Waals surface area contributed by atoms with Gasteiger partial charge in [-0.1, -0.05) is 6.07 Å². The van der Waals surface area contributed by atoms with Gasteiger partial charge in [-0.3, -0.25) is 9.48 Å². The van der Waals surface area contributed by atoms with Crippen LogP contribution in [0.5, 0.6) is 0 Å². The number of nitrogens with one attached hydrogen (secondary N) is 1. The first-order chi connectivity index (χ1) is 19.7. The third-order valence-electron chi connectivity index (χ3n) is 7.83. The summed E-state index contributed by atoms with van der Waals surface area (Å²) in [6.45, 7) is 5.32. The maximum absolute atomic E-state index is 13.3. The highest BCUT2D eigenvalue weighted by Gasteiger charge is 2.34. The highest BCUT2D eigenvalue weighted by atomic mass is 19.1. The highest BCUT2D eigenvalue weighted by molar-refractivity contribution is 5.85. The molecule has 6 heterocycles. The topological polar surface area (TPSA) is 122 Å². The minimum Gasteiger partial charge on any atom is -0.370 e. The fourth-order valence-corrected chi connectivity index (χ4v) is 5.29. The number of halogens is 1. The van der Waals surface area contributed by atoms with Crippen LogP contribution in [-0.2, 0) is 11.8 Å². The second-order valence-electron chi connectivity index (χ2n) is 10.8. The summed E-state index contributed by atoms with van der Waals surface area (Å²) in [5.41, 5.74) is 4.52. The minimum absolute atomic E-state index is 0.0795. The molecule has 1 saturated heterocycles. The normalized spacial score (nSPS) is 15.5. The Bertz CT molecular complexity index is 1770. The van der Waals surface area contributed by atoms with Gasteiger partial charge in [0.1, 0.15) is 11.6 Å². The lowest BCUT2D eigenvalue weighted by atomic mass is 9.88. The highest BCUT2D eigenvalue weighted by Crippen LogP contribution is 2.34. The number of fused-ring (bicyclic) bond motifs is 1. The SMILES string of the molecule is CC(C(=O)NC1(C)CCN(c2cc(-c3cnn(C)c3)cn3ncc(C#N)c23)CC1)c1ccc(-n2cc(F)cn2)nc1. The molecule has 5 aromatic rings. The summed E-state index contributed by atoms with van der Waals surface area (Å²) in [5, 5.41) is 25.7. The number of pyridine rings is 2. The summed E-state index contributed by atoms with van der Waals surface area (Å²) in [4.78, 5) is 19.9. The number of carbonyl (C=O) groups excluding carboxylic acids is 1. The Morgan fingerprint density at radius 3 is 2.51 bits per heavy atom. The molecule has 0 spiro atoms. The number of piperidine rings is 1. The summed E-state index contributed by atoms with van der Waals surface area (Å²) in [6, 6.07) is 7.89. The van der Waals surface area contributed by atoms with E-state index in [4.69, 9.17) is 0 Å². The van der Waals surface area contributed by atoms with Crippen molar-refractivity contribution in [3.05, 3.63) is 78.5 Å². The maximum Gasteiger partial charge on any atom is 0.227 e. The Labute approximate surface area is 235 Å². The summed E-state index contributed by atoms with van der Waals surface area (Å²) in [7, 11) is 1.88. The number of rotatable bonds is 6. The lowest BCUT2D eigenvalue weighted by Crippen LogP contribution is -2.54. The zero-order chi connectivity index (χ0) is 28.7. The predicted molar refractivity (Wildman–Crippen MR) is 150 cm³/mol. The van der Waals surface area contributed by atoms with E-state index >= 15 is 0 Å². The molecule has 12 heteroatoms. The van der Waals surface area contributed by atoms with Crippen LogP contribution < -0.4 is 10.2 Å². The van der Waals surface area contributed by atoms with Gasteiger partial charge in [-0.15, -0.1) is 0 Å². The third kappa shape index (κ3) is 5.02. The Morgan fingerprint density at radius 1 is 1.07 bits per heavy atom. The van der Waals surface area contributed by atoms with E-state index in [0.717, 1.165) is 46.9 Å². The summed E-state index contributed by atoms with van der Waals surface area (Å²) in [6.07, 6.45) is 12.7. The van der Waals surface area contributed by atoms with Crippen molar-refractivity contribution >= 4 is 17.1 Å². The van der Waals surface area contributed by atoms with Gasteiger partial charge < -0.3 is 10.2 Å². The predicted octanol–water partition coefficient (Wildman–Crippen LogP) is 3.61. The van der Waals surface area contributed by atoms with E-state index in [1.54, 1.807) is 27.7 Å². The van der Waals surface area contributed by atoms with Crippen LogP contribution in [0.1, 0.15) is 43.7 Å². The smallest absolute Gasteiger partial charge is 0.227 e. The van der Waals surface area contributed by atoms with Gasteiger partial charge in [-0.05, 0) is 44.4 Å². The molecule has 1 aliphatic heterocycles. The van der Waals surface area contributed by atoms with Crippen LogP contribution in [0.25, 0.3) is 22.5 Å². The standard InChI is InChI=1S/C29H29FN10O/c1-19(20-4-5-26(32-12-20)39-18-24(30)15-35-39)28(41)36-29(2)6-8-38(9-7-29)25-10-21(23-14-33-37(3)16-23)17-40-27(25)22(11-31)13-34-40/h4-5,10,12-19H,6-9H2,1-3H3,(H,36,41). The van der Waals surface area contributed by atoms with E-state index in [-0.39, 0.29) is 5.91 Å². The van der Waals surface area contributed by atoms with E-state index in [9.17, 15) is 14.4 Å². The van der Waals surface area contributed by atoms with Crippen molar-refractivity contribution in [2.75, 3.05) is 18.0 Å². The van der Waals surface area contributed by atoms with Gasteiger partial charge in [-0.25, -0.2) is 18.6 Å². The number of hydrogen-bond acceptors (Lipinski definition) is 7. The molecular formula is C29H29FN10O. The first-order valence-corrected chi connectivity index (χ1v) is 13.4. The molecule has 6 rings (SSSR count). The van der Waals surface area contributed by atoms with Crippen LogP contribution in [0.3, 0.4) is 0 Å². The fraction of sp³-hybridized carbons (Fsp3) is 0.310. The Hall–Kier alpha value is -5.05. The van der Waals surface area contributed by atoms with Gasteiger partial charge in [0.05, 0.1) is 42.0 Å². The van der Waals surface area contributed by atoms with Crippen LogP contribution in [0.2, 0.25) is 0 Å². The average molecular weight is 553 g/mol. The van der Waals surface area contributed by atoms with Crippen molar-refractivity contribution in [3.63, 3.8) is 0 Å². The van der Waals surface area contributed by atoms with E-state index in [2.05, 4.69) is 49.6 Å². The first-order valence-electron chi connectivity index (χ1n) is 13.4. The molecular weight excluding hydrogens is 523 g/mol. The molecule has 0 aliphatic carbocycles. The van der Waals surface area contributed by atoms with Crippen LogP contribution in [0, 0.1) is 17.1 Å². The third-order valence-corrected chi connectivity index (χ3v) is 7.83. The molecule has 41 heavy (non-hydrogen) atoms. The average Bonchev–Trinajstić information content (AvgIpc) is 3.72. The Balaban J connectivity index is 1.17. The van der Waals surface area contributed by atoms with Gasteiger partial charge in [0.2, 0.25) is 5.91 Å². The number of amides is 1. The zero-order valence-corrected chi connectivity index (χ0v) is 23.0. The molecule has 0 bridgehead atoms. The molecule has 1 aliphatic rings. The van der Waals surface area contributed by atoms with Gasteiger partial charge in [0.15, 0.2) is 11.6 Å². The fourth-order valence-electron chi connectivity index (χ4n) is 5.29. The second kappa shape index (κ2) is 10.2. The van der Waals surface area contributed by atoms with Crippen LogP contribution >= 0.6 is 0 Å². The molecule has 208 valence electrons. The van der Waals surface area contributed by atoms with Crippen molar-refractivity contribution in [2.45, 2.75) is 38.1 Å². The summed E-state index contributed by atoms with van der Waals surface area (Å²) in [5.74, 6) is -0.459. The largest absolute Gasteiger partial charge is 0.370 e. The molecule has 11 nitrogen and oxygen atoms in total. The van der Waals surface area contributed by atoms with Crippen LogP contribution in [-0.4, -0.2) is 58.7 Å². The van der Waals surface area contributed by atoms with E-state index in [0.29, 0.717) is 24.5 Å². The zero-order valence-electron chi connectivity index (χ0n) is 23.0. The number of aromatic nitrogens is 7. The lowest BCUT2D eigenvalue weighted by Gasteiger charge is -2.41. The second-order valence-corrected chi connectivity index (χ2v) is 10.8. The van der Waals surface area contributed by atoms with Gasteiger partial charge in [0.25, 0.3) is 0 Å². The van der Waals surface area contributed by atoms with Gasteiger partial charge >= 0.3 is 0 Å². The van der Waals surface area contributed by atoms with Crippen molar-refractivity contribution in [1.29, 1.82) is 5.26 Å². The van der Waals surface area contributed by atoms with Crippen molar-refractivity contribution < 1.29 is 9.18 Å². The Kier molecular flexibility index (Phi) is 6.49. The van der Waals surface area contributed by atoms with E-state index < -0.39 is 17.3 Å². The van der Waals surface area contributed by atoms with Crippen LogP contribution in [0.4, 0.5) is 10.1 Å².